The summed E-state index contributed by atoms with van der Waals surface area (Å²) in [6, 6.07) is 7.52. The molecule has 1 atom stereocenters. The van der Waals surface area contributed by atoms with Gasteiger partial charge in [-0.1, -0.05) is 6.07 Å². The average molecular weight is 380 g/mol. The second kappa shape index (κ2) is 6.62. The lowest BCUT2D eigenvalue weighted by Gasteiger charge is -2.13. The first-order valence-corrected chi connectivity index (χ1v) is 9.50. The van der Waals surface area contributed by atoms with E-state index < -0.39 is 0 Å². The minimum atomic E-state index is -0.205. The zero-order chi connectivity index (χ0) is 19.1. The Balaban J connectivity index is 1.78. The van der Waals surface area contributed by atoms with E-state index in [1.807, 2.05) is 63.8 Å². The van der Waals surface area contributed by atoms with Crippen molar-refractivity contribution >= 4 is 28.3 Å². The van der Waals surface area contributed by atoms with Crippen LogP contribution in [-0.4, -0.2) is 30.5 Å². The van der Waals surface area contributed by atoms with E-state index in [1.165, 1.54) is 0 Å². The monoisotopic (exact) mass is 380 g/mol. The third-order valence-corrected chi connectivity index (χ3v) is 5.40. The van der Waals surface area contributed by atoms with Gasteiger partial charge in [-0.3, -0.25) is 14.2 Å². The van der Waals surface area contributed by atoms with Crippen molar-refractivity contribution in [1.82, 2.24) is 29.9 Å². The van der Waals surface area contributed by atoms with Crippen LogP contribution in [0.25, 0.3) is 21.6 Å². The number of aromatic nitrogens is 5. The Bertz CT molecular complexity index is 1120. The lowest BCUT2D eigenvalue weighted by Crippen LogP contribution is -2.27. The zero-order valence-electron chi connectivity index (χ0n) is 15.6. The lowest BCUT2D eigenvalue weighted by molar-refractivity contribution is 0.0940. The van der Waals surface area contributed by atoms with Gasteiger partial charge in [0.1, 0.15) is 0 Å². The smallest absolute Gasteiger partial charge is 0.252 e. The highest BCUT2D eigenvalue weighted by atomic mass is 32.1. The second-order valence-corrected chi connectivity index (χ2v) is 7.50. The number of carbonyl (C=O) groups is 1. The molecule has 8 heteroatoms. The molecule has 1 N–H and O–H groups in total. The Hall–Kier alpha value is -3.00. The van der Waals surface area contributed by atoms with E-state index in [-0.39, 0.29) is 11.9 Å². The van der Waals surface area contributed by atoms with Gasteiger partial charge in [0.2, 0.25) is 0 Å². The highest BCUT2D eigenvalue weighted by molar-refractivity contribution is 7.13. The van der Waals surface area contributed by atoms with Crippen LogP contribution in [0.2, 0.25) is 0 Å². The standard InChI is InChI=1S/C19H20N6OS/c1-11(14-7-8-24(3)23-14)20-19(26)13-10-15(16-6-5-9-27-16)21-18-17(13)12(2)22-25(18)4/h5-11H,1-4H3,(H,20,26)/t11-/m1/s1. The van der Waals surface area contributed by atoms with E-state index >= 15 is 0 Å². The van der Waals surface area contributed by atoms with Gasteiger partial charge in [0.05, 0.1) is 39.0 Å². The molecule has 0 radical (unpaired) electrons. The van der Waals surface area contributed by atoms with Crippen molar-refractivity contribution in [2.45, 2.75) is 19.9 Å². The molecule has 0 aliphatic heterocycles. The first-order valence-electron chi connectivity index (χ1n) is 8.62. The average Bonchev–Trinajstić information content (AvgIpc) is 3.36. The van der Waals surface area contributed by atoms with E-state index in [4.69, 9.17) is 4.98 Å². The predicted octanol–water partition coefficient (Wildman–Crippen LogP) is 3.23. The molecule has 27 heavy (non-hydrogen) atoms. The fraction of sp³-hybridized carbons (Fsp3) is 0.263. The number of nitrogens with one attached hydrogen (secondary N) is 1. The van der Waals surface area contributed by atoms with Gasteiger partial charge in [-0.2, -0.15) is 10.2 Å². The number of pyridine rings is 1. The number of thiophene rings is 1. The molecule has 4 heterocycles. The summed E-state index contributed by atoms with van der Waals surface area (Å²) in [5.74, 6) is -0.158. The molecule has 0 aliphatic rings. The molecule has 0 aromatic carbocycles. The topological polar surface area (TPSA) is 77.6 Å². The molecule has 4 aromatic rings. The Morgan fingerprint density at radius 1 is 1.26 bits per heavy atom. The van der Waals surface area contributed by atoms with Crippen LogP contribution in [0.5, 0.6) is 0 Å². The molecule has 0 spiro atoms. The Morgan fingerprint density at radius 2 is 2.07 bits per heavy atom. The molecule has 1 amide bonds. The van der Waals surface area contributed by atoms with Crippen molar-refractivity contribution in [3.8, 4) is 10.6 Å². The van der Waals surface area contributed by atoms with Crippen LogP contribution in [0.1, 0.15) is 34.7 Å². The second-order valence-electron chi connectivity index (χ2n) is 6.55. The number of aryl methyl sites for hydroxylation is 3. The highest BCUT2D eigenvalue weighted by Crippen LogP contribution is 2.29. The third-order valence-electron chi connectivity index (χ3n) is 4.51. The Kier molecular flexibility index (Phi) is 4.27. The maximum atomic E-state index is 13.1. The van der Waals surface area contributed by atoms with Crippen LogP contribution < -0.4 is 5.32 Å². The largest absolute Gasteiger partial charge is 0.344 e. The molecule has 7 nitrogen and oxygen atoms in total. The van der Waals surface area contributed by atoms with Gasteiger partial charge >= 0.3 is 0 Å². The van der Waals surface area contributed by atoms with Crippen LogP contribution >= 0.6 is 11.3 Å². The molecule has 4 aromatic heterocycles. The van der Waals surface area contributed by atoms with Gasteiger partial charge in [-0.25, -0.2) is 4.98 Å². The van der Waals surface area contributed by atoms with Crippen LogP contribution in [0.4, 0.5) is 0 Å². The fourth-order valence-corrected chi connectivity index (χ4v) is 3.87. The predicted molar refractivity (Wildman–Crippen MR) is 106 cm³/mol. The van der Waals surface area contributed by atoms with Gasteiger partial charge in [0, 0.05) is 20.3 Å². The number of carbonyl (C=O) groups excluding carboxylic acids is 1. The summed E-state index contributed by atoms with van der Waals surface area (Å²) in [5, 5.41) is 14.7. The normalized spacial score (nSPS) is 12.4. The Labute approximate surface area is 160 Å². The molecule has 0 saturated heterocycles. The van der Waals surface area contributed by atoms with Crippen molar-refractivity contribution < 1.29 is 4.79 Å². The minimum absolute atomic E-state index is 0.158. The summed E-state index contributed by atoms with van der Waals surface area (Å²) >= 11 is 1.59. The molecule has 4 rings (SSSR count). The molecule has 0 aliphatic carbocycles. The molecule has 0 unspecified atom stereocenters. The molecule has 0 saturated carbocycles. The maximum Gasteiger partial charge on any atom is 0.252 e. The SMILES string of the molecule is Cc1nn(C)c2nc(-c3cccs3)cc(C(=O)N[C@H](C)c3ccn(C)n3)c12. The van der Waals surface area contributed by atoms with E-state index in [2.05, 4.69) is 15.5 Å². The van der Waals surface area contributed by atoms with Crippen molar-refractivity contribution in [1.29, 1.82) is 0 Å². The number of hydrogen-bond donors (Lipinski definition) is 1. The van der Waals surface area contributed by atoms with Crippen molar-refractivity contribution in [3.63, 3.8) is 0 Å². The van der Waals surface area contributed by atoms with Crippen LogP contribution in [-0.2, 0) is 14.1 Å². The maximum absolute atomic E-state index is 13.1. The van der Waals surface area contributed by atoms with E-state index in [9.17, 15) is 4.79 Å². The van der Waals surface area contributed by atoms with Gasteiger partial charge in [-0.15, -0.1) is 11.3 Å². The Morgan fingerprint density at radius 3 is 2.74 bits per heavy atom. The van der Waals surface area contributed by atoms with Crippen molar-refractivity contribution in [2.24, 2.45) is 14.1 Å². The summed E-state index contributed by atoms with van der Waals surface area (Å²) in [6.45, 7) is 3.82. The fourth-order valence-electron chi connectivity index (χ4n) is 3.19. The van der Waals surface area contributed by atoms with Crippen LogP contribution in [0, 0.1) is 6.92 Å². The molecule has 0 fully saturated rings. The lowest BCUT2D eigenvalue weighted by atomic mass is 10.1. The first-order chi connectivity index (χ1) is 12.9. The summed E-state index contributed by atoms with van der Waals surface area (Å²) in [5.41, 5.74) is 3.66. The summed E-state index contributed by atoms with van der Waals surface area (Å²) < 4.78 is 3.45. The zero-order valence-corrected chi connectivity index (χ0v) is 16.4. The summed E-state index contributed by atoms with van der Waals surface area (Å²) in [4.78, 5) is 18.9. The number of rotatable bonds is 4. The molecule has 138 valence electrons. The van der Waals surface area contributed by atoms with Gasteiger partial charge < -0.3 is 5.32 Å². The van der Waals surface area contributed by atoms with Crippen molar-refractivity contribution in [2.75, 3.05) is 0 Å². The number of nitrogens with zero attached hydrogens (tertiary/aromatic N) is 5. The van der Waals surface area contributed by atoms with Crippen LogP contribution in [0.3, 0.4) is 0 Å². The van der Waals surface area contributed by atoms with E-state index in [1.54, 1.807) is 20.7 Å². The van der Waals surface area contributed by atoms with E-state index in [0.717, 1.165) is 27.3 Å². The van der Waals surface area contributed by atoms with E-state index in [0.29, 0.717) is 11.2 Å². The van der Waals surface area contributed by atoms with Gasteiger partial charge in [-0.05, 0) is 37.4 Å². The number of hydrogen-bond acceptors (Lipinski definition) is 5. The van der Waals surface area contributed by atoms with Crippen LogP contribution in [0.15, 0.2) is 35.8 Å². The van der Waals surface area contributed by atoms with Gasteiger partial charge in [0.15, 0.2) is 5.65 Å². The molecular formula is C19H20N6OS. The third kappa shape index (κ3) is 3.12. The van der Waals surface area contributed by atoms with Crippen molar-refractivity contribution in [3.05, 3.63) is 52.8 Å². The van der Waals surface area contributed by atoms with Gasteiger partial charge in [0.25, 0.3) is 5.91 Å². The summed E-state index contributed by atoms with van der Waals surface area (Å²) in [6.07, 6.45) is 1.86. The number of amides is 1. The first kappa shape index (κ1) is 17.4. The molecule has 0 bridgehead atoms. The quantitative estimate of drug-likeness (QED) is 0.590. The summed E-state index contributed by atoms with van der Waals surface area (Å²) in [7, 11) is 3.70. The highest BCUT2D eigenvalue weighted by Gasteiger charge is 2.21. The molecular weight excluding hydrogens is 360 g/mol. The minimum Gasteiger partial charge on any atom is -0.344 e. The number of fused-ring (bicyclic) bond motifs is 1.